The van der Waals surface area contributed by atoms with E-state index in [4.69, 9.17) is 9.52 Å². The fourth-order valence-corrected chi connectivity index (χ4v) is 1.81. The van der Waals surface area contributed by atoms with Crippen LogP contribution in [0.1, 0.15) is 24.7 Å². The van der Waals surface area contributed by atoms with Crippen LogP contribution in [0.4, 0.5) is 0 Å². The summed E-state index contributed by atoms with van der Waals surface area (Å²) >= 11 is 0. The van der Waals surface area contributed by atoms with E-state index in [9.17, 15) is 0 Å². The van der Waals surface area contributed by atoms with E-state index >= 15 is 0 Å². The first kappa shape index (κ1) is 12.9. The Bertz CT molecular complexity index is 490. The Morgan fingerprint density at radius 2 is 2.33 bits per heavy atom. The highest BCUT2D eigenvalue weighted by atomic mass is 16.3. The molecule has 0 aromatic carbocycles. The Hall–Kier alpha value is -1.59. The zero-order chi connectivity index (χ0) is 13.0. The van der Waals surface area contributed by atoms with Gasteiger partial charge in [0.25, 0.3) is 0 Å². The standard InChI is InChI=1S/C13H19N3O2/c1-9(5-6-17)14-7-11-8-15-16-13(11)12-4-3-10(2)18-12/h3-4,8-9,14,17H,5-7H2,1-2H3,(H,15,16). The summed E-state index contributed by atoms with van der Waals surface area (Å²) in [7, 11) is 0. The lowest BCUT2D eigenvalue weighted by Crippen LogP contribution is -2.26. The third kappa shape index (κ3) is 3.00. The van der Waals surface area contributed by atoms with Crippen molar-refractivity contribution in [3.63, 3.8) is 0 Å². The van der Waals surface area contributed by atoms with Gasteiger partial charge in [0.05, 0.1) is 6.20 Å². The van der Waals surface area contributed by atoms with Crippen LogP contribution in [0.2, 0.25) is 0 Å². The monoisotopic (exact) mass is 249 g/mol. The second kappa shape index (κ2) is 5.84. The number of hydrogen-bond donors (Lipinski definition) is 3. The summed E-state index contributed by atoms with van der Waals surface area (Å²) in [6, 6.07) is 4.14. The van der Waals surface area contributed by atoms with Crippen molar-refractivity contribution < 1.29 is 9.52 Å². The lowest BCUT2D eigenvalue weighted by atomic mass is 10.2. The van der Waals surface area contributed by atoms with Gasteiger partial charge in [0, 0.05) is 24.8 Å². The van der Waals surface area contributed by atoms with Gasteiger partial charge >= 0.3 is 0 Å². The van der Waals surface area contributed by atoms with Crippen molar-refractivity contribution in [2.45, 2.75) is 32.9 Å². The molecular weight excluding hydrogens is 230 g/mol. The number of H-pyrrole nitrogens is 1. The van der Waals surface area contributed by atoms with Gasteiger partial charge in [0.15, 0.2) is 5.76 Å². The van der Waals surface area contributed by atoms with Crippen molar-refractivity contribution in [1.29, 1.82) is 0 Å². The van der Waals surface area contributed by atoms with Crippen molar-refractivity contribution in [3.8, 4) is 11.5 Å². The summed E-state index contributed by atoms with van der Waals surface area (Å²) in [4.78, 5) is 0. The molecule has 0 aliphatic rings. The van der Waals surface area contributed by atoms with Gasteiger partial charge in [-0.2, -0.15) is 5.10 Å². The molecule has 1 atom stereocenters. The molecule has 1 unspecified atom stereocenters. The molecule has 18 heavy (non-hydrogen) atoms. The third-order valence-electron chi connectivity index (χ3n) is 2.91. The zero-order valence-electron chi connectivity index (χ0n) is 10.7. The number of hydrogen-bond acceptors (Lipinski definition) is 4. The number of nitrogens with zero attached hydrogens (tertiary/aromatic N) is 1. The highest BCUT2D eigenvalue weighted by molar-refractivity contribution is 5.56. The van der Waals surface area contributed by atoms with Gasteiger partial charge in [-0.05, 0) is 32.4 Å². The SMILES string of the molecule is Cc1ccc(-c2[nH]ncc2CNC(C)CCO)o1. The molecule has 2 aromatic rings. The molecule has 0 saturated heterocycles. The Morgan fingerprint density at radius 3 is 3.00 bits per heavy atom. The van der Waals surface area contributed by atoms with Gasteiger partial charge in [0.2, 0.25) is 0 Å². The van der Waals surface area contributed by atoms with Crippen LogP contribution in [-0.4, -0.2) is 28.0 Å². The molecule has 2 rings (SSSR count). The molecule has 5 nitrogen and oxygen atoms in total. The molecule has 2 aromatic heterocycles. The molecule has 0 aliphatic heterocycles. The van der Waals surface area contributed by atoms with E-state index in [1.54, 1.807) is 6.20 Å². The predicted molar refractivity (Wildman–Crippen MR) is 69.0 cm³/mol. The number of nitrogens with one attached hydrogen (secondary N) is 2. The second-order valence-corrected chi connectivity index (χ2v) is 4.47. The Kier molecular flexibility index (Phi) is 4.17. The van der Waals surface area contributed by atoms with Gasteiger partial charge in [-0.3, -0.25) is 5.10 Å². The van der Waals surface area contributed by atoms with Gasteiger partial charge in [0.1, 0.15) is 11.5 Å². The molecule has 0 spiro atoms. The van der Waals surface area contributed by atoms with Crippen molar-refractivity contribution in [2.75, 3.05) is 6.61 Å². The van der Waals surface area contributed by atoms with E-state index in [0.717, 1.165) is 29.2 Å². The number of aromatic amines is 1. The van der Waals surface area contributed by atoms with E-state index in [1.807, 2.05) is 26.0 Å². The van der Waals surface area contributed by atoms with E-state index in [1.165, 1.54) is 0 Å². The van der Waals surface area contributed by atoms with Crippen LogP contribution in [-0.2, 0) is 6.54 Å². The summed E-state index contributed by atoms with van der Waals surface area (Å²) in [5.41, 5.74) is 1.97. The third-order valence-corrected chi connectivity index (χ3v) is 2.91. The Morgan fingerprint density at radius 1 is 1.50 bits per heavy atom. The van der Waals surface area contributed by atoms with E-state index < -0.39 is 0 Å². The highest BCUT2D eigenvalue weighted by Gasteiger charge is 2.11. The van der Waals surface area contributed by atoms with Crippen LogP contribution in [0.5, 0.6) is 0 Å². The van der Waals surface area contributed by atoms with Crippen LogP contribution in [0, 0.1) is 6.92 Å². The van der Waals surface area contributed by atoms with Gasteiger partial charge in [-0.25, -0.2) is 0 Å². The maximum absolute atomic E-state index is 8.86. The van der Waals surface area contributed by atoms with Gasteiger partial charge in [-0.1, -0.05) is 0 Å². The first-order chi connectivity index (χ1) is 8.70. The first-order valence-corrected chi connectivity index (χ1v) is 6.14. The molecule has 0 bridgehead atoms. The normalized spacial score (nSPS) is 12.8. The van der Waals surface area contributed by atoms with E-state index in [0.29, 0.717) is 6.54 Å². The van der Waals surface area contributed by atoms with Crippen LogP contribution in [0.25, 0.3) is 11.5 Å². The summed E-state index contributed by atoms with van der Waals surface area (Å²) < 4.78 is 5.58. The highest BCUT2D eigenvalue weighted by Crippen LogP contribution is 2.23. The molecule has 3 N–H and O–H groups in total. The largest absolute Gasteiger partial charge is 0.460 e. The Labute approximate surface area is 106 Å². The fraction of sp³-hybridized carbons (Fsp3) is 0.462. The van der Waals surface area contributed by atoms with Crippen molar-refractivity contribution >= 4 is 0 Å². The molecule has 0 radical (unpaired) electrons. The number of aryl methyl sites for hydroxylation is 1. The molecule has 0 aliphatic carbocycles. The maximum atomic E-state index is 8.86. The second-order valence-electron chi connectivity index (χ2n) is 4.47. The quantitative estimate of drug-likeness (QED) is 0.730. The van der Waals surface area contributed by atoms with E-state index in [-0.39, 0.29) is 12.6 Å². The molecule has 0 amide bonds. The lowest BCUT2D eigenvalue weighted by molar-refractivity contribution is 0.268. The molecule has 0 saturated carbocycles. The zero-order valence-corrected chi connectivity index (χ0v) is 10.7. The van der Waals surface area contributed by atoms with Crippen molar-refractivity contribution in [1.82, 2.24) is 15.5 Å². The summed E-state index contributed by atoms with van der Waals surface area (Å²) in [5, 5.41) is 19.2. The Balaban J connectivity index is 2.04. The van der Waals surface area contributed by atoms with Gasteiger partial charge < -0.3 is 14.8 Å². The minimum Gasteiger partial charge on any atom is -0.460 e. The van der Waals surface area contributed by atoms with Crippen molar-refractivity contribution in [3.05, 3.63) is 29.7 Å². The predicted octanol–water partition coefficient (Wildman–Crippen LogP) is 1.84. The smallest absolute Gasteiger partial charge is 0.152 e. The average Bonchev–Trinajstić information content (AvgIpc) is 2.95. The fourth-order valence-electron chi connectivity index (χ4n) is 1.81. The molecular formula is C13H19N3O2. The summed E-state index contributed by atoms with van der Waals surface area (Å²) in [6.07, 6.45) is 2.54. The number of furan rings is 1. The first-order valence-electron chi connectivity index (χ1n) is 6.14. The molecule has 0 fully saturated rings. The van der Waals surface area contributed by atoms with E-state index in [2.05, 4.69) is 15.5 Å². The molecule has 2 heterocycles. The van der Waals surface area contributed by atoms with Crippen LogP contribution in [0.3, 0.4) is 0 Å². The van der Waals surface area contributed by atoms with Crippen LogP contribution >= 0.6 is 0 Å². The average molecular weight is 249 g/mol. The number of aromatic nitrogens is 2. The van der Waals surface area contributed by atoms with Gasteiger partial charge in [-0.15, -0.1) is 0 Å². The molecule has 98 valence electrons. The number of aliphatic hydroxyl groups is 1. The topological polar surface area (TPSA) is 74.1 Å². The van der Waals surface area contributed by atoms with Crippen molar-refractivity contribution in [2.24, 2.45) is 0 Å². The number of rotatable bonds is 6. The number of aliphatic hydroxyl groups excluding tert-OH is 1. The minimum atomic E-state index is 0.198. The summed E-state index contributed by atoms with van der Waals surface area (Å²) in [6.45, 7) is 4.87. The van der Waals surface area contributed by atoms with Crippen LogP contribution < -0.4 is 5.32 Å². The van der Waals surface area contributed by atoms with Crippen LogP contribution in [0.15, 0.2) is 22.7 Å². The summed E-state index contributed by atoms with van der Waals surface area (Å²) in [5.74, 6) is 1.68. The maximum Gasteiger partial charge on any atom is 0.152 e. The lowest BCUT2D eigenvalue weighted by Gasteiger charge is -2.11. The molecule has 5 heteroatoms. The minimum absolute atomic E-state index is 0.198.